The van der Waals surface area contributed by atoms with Gasteiger partial charge >= 0.3 is 0 Å². The van der Waals surface area contributed by atoms with Crippen LogP contribution < -0.4 is 5.56 Å². The van der Waals surface area contributed by atoms with E-state index in [2.05, 4.69) is 9.98 Å². The molecule has 3 N–H and O–H groups in total. The first-order valence-corrected chi connectivity index (χ1v) is 6.77. The van der Waals surface area contributed by atoms with E-state index in [1.54, 1.807) is 48.5 Å². The van der Waals surface area contributed by atoms with Crippen molar-refractivity contribution in [3.05, 3.63) is 70.0 Å². The zero-order valence-electron chi connectivity index (χ0n) is 11.7. The lowest BCUT2D eigenvalue weighted by atomic mass is 10.1. The molecule has 1 heterocycles. The maximum absolute atomic E-state index is 11.8. The molecular formula is C17H14N2O3. The van der Waals surface area contributed by atoms with E-state index < -0.39 is 0 Å². The van der Waals surface area contributed by atoms with Gasteiger partial charge in [-0.25, -0.2) is 0 Å². The molecule has 0 aliphatic carbocycles. The molecule has 0 bridgehead atoms. The molecule has 0 unspecified atom stereocenters. The molecule has 2 aromatic carbocycles. The van der Waals surface area contributed by atoms with Crippen LogP contribution in [-0.4, -0.2) is 21.4 Å². The van der Waals surface area contributed by atoms with Crippen molar-refractivity contribution in [2.24, 2.45) is 4.99 Å². The number of H-pyrrole nitrogens is 1. The number of benzene rings is 2. The molecule has 0 saturated carbocycles. The van der Waals surface area contributed by atoms with Crippen molar-refractivity contribution in [3.8, 4) is 5.88 Å². The van der Waals surface area contributed by atoms with Crippen molar-refractivity contribution >= 4 is 22.7 Å². The molecule has 0 spiro atoms. The van der Waals surface area contributed by atoms with Gasteiger partial charge in [-0.3, -0.25) is 14.8 Å². The maximum Gasteiger partial charge on any atom is 0.258 e. The topological polar surface area (TPSA) is 85.7 Å². The van der Waals surface area contributed by atoms with Gasteiger partial charge in [0.15, 0.2) is 0 Å². The predicted molar refractivity (Wildman–Crippen MR) is 85.9 cm³/mol. The zero-order valence-corrected chi connectivity index (χ0v) is 11.7. The molecule has 110 valence electrons. The van der Waals surface area contributed by atoms with E-state index in [1.807, 2.05) is 0 Å². The number of nitrogens with one attached hydrogen (secondary N) is 1. The molecule has 0 aliphatic rings. The summed E-state index contributed by atoms with van der Waals surface area (Å²) in [6.07, 6.45) is 1.50. The number of aromatic hydroxyl groups is 1. The summed E-state index contributed by atoms with van der Waals surface area (Å²) in [4.78, 5) is 18.5. The summed E-state index contributed by atoms with van der Waals surface area (Å²) >= 11 is 0. The highest BCUT2D eigenvalue weighted by atomic mass is 16.3. The Kier molecular flexibility index (Phi) is 3.72. The second-order valence-electron chi connectivity index (χ2n) is 4.85. The molecule has 0 amide bonds. The molecular weight excluding hydrogens is 280 g/mol. The molecule has 22 heavy (non-hydrogen) atoms. The van der Waals surface area contributed by atoms with E-state index in [0.717, 1.165) is 5.56 Å². The molecule has 0 fully saturated rings. The van der Waals surface area contributed by atoms with Crippen LogP contribution >= 0.6 is 0 Å². The third kappa shape index (κ3) is 2.62. The smallest absolute Gasteiger partial charge is 0.258 e. The van der Waals surface area contributed by atoms with E-state index >= 15 is 0 Å². The van der Waals surface area contributed by atoms with Gasteiger partial charge < -0.3 is 10.2 Å². The molecule has 0 radical (unpaired) electrons. The van der Waals surface area contributed by atoms with Gasteiger partial charge in [0.1, 0.15) is 0 Å². The van der Waals surface area contributed by atoms with Gasteiger partial charge in [-0.1, -0.05) is 30.3 Å². The number of hydrogen-bond acceptors (Lipinski definition) is 4. The first-order valence-electron chi connectivity index (χ1n) is 6.77. The van der Waals surface area contributed by atoms with Gasteiger partial charge in [-0.2, -0.15) is 0 Å². The number of aliphatic imine (C=N–C) groups is 1. The molecule has 1 aromatic heterocycles. The number of rotatable bonds is 3. The first kappa shape index (κ1) is 14.0. The SMILES string of the molecule is O=c1[nH]c(O)c(C=Nc2cccc(CO)c2)c2ccccc12. The number of fused-ring (bicyclic) bond motifs is 1. The minimum atomic E-state index is -0.340. The predicted octanol–water partition coefficient (Wildman–Crippen LogP) is 2.48. The van der Waals surface area contributed by atoms with Crippen LogP contribution in [0.3, 0.4) is 0 Å². The number of hydrogen-bond donors (Lipinski definition) is 3. The second-order valence-corrected chi connectivity index (χ2v) is 4.85. The van der Waals surface area contributed by atoms with E-state index in [9.17, 15) is 9.90 Å². The van der Waals surface area contributed by atoms with Crippen molar-refractivity contribution in [2.75, 3.05) is 0 Å². The van der Waals surface area contributed by atoms with Crippen LogP contribution in [0.4, 0.5) is 5.69 Å². The Balaban J connectivity index is 2.10. The van der Waals surface area contributed by atoms with Gasteiger partial charge in [0.2, 0.25) is 5.88 Å². The number of aromatic amines is 1. The average Bonchev–Trinajstić information content (AvgIpc) is 2.55. The lowest BCUT2D eigenvalue weighted by Crippen LogP contribution is -2.07. The quantitative estimate of drug-likeness (QED) is 0.649. The summed E-state index contributed by atoms with van der Waals surface area (Å²) in [5, 5.41) is 20.2. The average molecular weight is 294 g/mol. The number of aromatic nitrogens is 1. The number of pyridine rings is 1. The van der Waals surface area contributed by atoms with Crippen molar-refractivity contribution in [3.63, 3.8) is 0 Å². The van der Waals surface area contributed by atoms with Crippen molar-refractivity contribution in [1.82, 2.24) is 4.98 Å². The van der Waals surface area contributed by atoms with Gasteiger partial charge in [0.05, 0.1) is 17.9 Å². The van der Waals surface area contributed by atoms with Gasteiger partial charge in [0, 0.05) is 17.0 Å². The minimum absolute atomic E-state index is 0.0593. The number of aliphatic hydroxyl groups is 1. The molecule has 0 atom stereocenters. The van der Waals surface area contributed by atoms with Crippen LogP contribution in [0.15, 0.2) is 58.3 Å². The second kappa shape index (κ2) is 5.83. The van der Waals surface area contributed by atoms with Crippen molar-refractivity contribution < 1.29 is 10.2 Å². The summed E-state index contributed by atoms with van der Waals surface area (Å²) in [6, 6.07) is 14.1. The monoisotopic (exact) mass is 294 g/mol. The first-order chi connectivity index (χ1) is 10.7. The molecule has 0 aliphatic heterocycles. The third-order valence-corrected chi connectivity index (χ3v) is 3.38. The Labute approximate surface area is 126 Å². The van der Waals surface area contributed by atoms with Crippen LogP contribution in [0.5, 0.6) is 5.88 Å². The van der Waals surface area contributed by atoms with E-state index in [4.69, 9.17) is 5.11 Å². The molecule has 3 aromatic rings. The van der Waals surface area contributed by atoms with Gasteiger partial charge in [0.25, 0.3) is 5.56 Å². The number of aliphatic hydroxyl groups excluding tert-OH is 1. The van der Waals surface area contributed by atoms with Crippen LogP contribution in [-0.2, 0) is 6.61 Å². The summed E-state index contributed by atoms with van der Waals surface area (Å²) in [5.41, 5.74) is 1.52. The highest BCUT2D eigenvalue weighted by Crippen LogP contribution is 2.22. The fourth-order valence-corrected chi connectivity index (χ4v) is 2.29. The third-order valence-electron chi connectivity index (χ3n) is 3.38. The molecule has 5 heteroatoms. The lowest BCUT2D eigenvalue weighted by molar-refractivity contribution is 0.282. The summed E-state index contributed by atoms with van der Waals surface area (Å²) < 4.78 is 0. The largest absolute Gasteiger partial charge is 0.494 e. The normalized spacial score (nSPS) is 11.3. The fourth-order valence-electron chi connectivity index (χ4n) is 2.29. The highest BCUT2D eigenvalue weighted by Gasteiger charge is 2.08. The standard InChI is InChI=1S/C17H14N2O3/c20-10-11-4-3-5-12(8-11)18-9-15-13-6-1-2-7-14(13)16(21)19-17(15)22/h1-9,20H,10H2,(H2,19,21,22). The van der Waals surface area contributed by atoms with Crippen LogP contribution in [0.2, 0.25) is 0 Å². The van der Waals surface area contributed by atoms with Crippen molar-refractivity contribution in [1.29, 1.82) is 0 Å². The zero-order chi connectivity index (χ0) is 15.5. The van der Waals surface area contributed by atoms with E-state index in [1.165, 1.54) is 6.21 Å². The van der Waals surface area contributed by atoms with Gasteiger partial charge in [-0.15, -0.1) is 0 Å². The Morgan fingerprint density at radius 1 is 1.09 bits per heavy atom. The van der Waals surface area contributed by atoms with Crippen molar-refractivity contribution in [2.45, 2.75) is 6.61 Å². The Morgan fingerprint density at radius 2 is 1.86 bits per heavy atom. The van der Waals surface area contributed by atoms with Crippen LogP contribution in [0.1, 0.15) is 11.1 Å². The lowest BCUT2D eigenvalue weighted by Gasteiger charge is -2.04. The summed E-state index contributed by atoms with van der Waals surface area (Å²) in [6.45, 7) is -0.0593. The summed E-state index contributed by atoms with van der Waals surface area (Å²) in [7, 11) is 0. The Bertz CT molecular complexity index is 913. The molecule has 3 rings (SSSR count). The van der Waals surface area contributed by atoms with Crippen LogP contribution in [0.25, 0.3) is 10.8 Å². The van der Waals surface area contributed by atoms with Gasteiger partial charge in [-0.05, 0) is 23.8 Å². The molecule has 0 saturated heterocycles. The van der Waals surface area contributed by atoms with E-state index in [0.29, 0.717) is 22.0 Å². The fraction of sp³-hybridized carbons (Fsp3) is 0.0588. The maximum atomic E-state index is 11.8. The molecule has 5 nitrogen and oxygen atoms in total. The Morgan fingerprint density at radius 3 is 2.64 bits per heavy atom. The van der Waals surface area contributed by atoms with Crippen LogP contribution in [0, 0.1) is 0 Å². The van der Waals surface area contributed by atoms with E-state index in [-0.39, 0.29) is 18.0 Å². The minimum Gasteiger partial charge on any atom is -0.494 e. The Hall–Kier alpha value is -2.92. The summed E-state index contributed by atoms with van der Waals surface area (Å²) in [5.74, 6) is -0.217. The number of nitrogens with zero attached hydrogens (tertiary/aromatic N) is 1. The highest BCUT2D eigenvalue weighted by molar-refractivity contribution is 6.01.